The van der Waals surface area contributed by atoms with Crippen molar-refractivity contribution in [2.45, 2.75) is 65.3 Å². The van der Waals surface area contributed by atoms with Crippen molar-refractivity contribution in [3.05, 3.63) is 11.5 Å². The average Bonchev–Trinajstić information content (AvgIpc) is 2.31. The van der Waals surface area contributed by atoms with Gasteiger partial charge in [0.1, 0.15) is 0 Å². The quantitative estimate of drug-likeness (QED) is 0.750. The minimum absolute atomic E-state index is 0.315. The second-order valence-corrected chi connectivity index (χ2v) is 5.42. The van der Waals surface area contributed by atoms with E-state index in [2.05, 4.69) is 0 Å². The molecule has 0 saturated carbocycles. The molecular weight excluding hydrogens is 203 g/mol. The molecule has 1 unspecified atom stereocenters. The lowest BCUT2D eigenvalue weighted by molar-refractivity contribution is 0.00578. The Morgan fingerprint density at radius 1 is 1.25 bits per heavy atom. The van der Waals surface area contributed by atoms with Crippen molar-refractivity contribution in [3.63, 3.8) is 0 Å². The van der Waals surface area contributed by atoms with Crippen LogP contribution in [0.25, 0.3) is 0 Å². The van der Waals surface area contributed by atoms with Gasteiger partial charge in [0.2, 0.25) is 0 Å². The fourth-order valence-electron chi connectivity index (χ4n) is 1.67. The molecule has 0 spiro atoms. The van der Waals surface area contributed by atoms with Gasteiger partial charge in [-0.1, -0.05) is 13.0 Å². The maximum Gasteiger partial charge on any atom is 0.490 e. The Kier molecular flexibility index (Phi) is 3.88. The van der Waals surface area contributed by atoms with E-state index in [-0.39, 0.29) is 18.3 Å². The summed E-state index contributed by atoms with van der Waals surface area (Å²) in [5.41, 5.74) is 0.378. The van der Waals surface area contributed by atoms with Crippen LogP contribution in [-0.4, -0.2) is 29.5 Å². The Bertz CT molecular complexity index is 266. The molecule has 0 amide bonds. The highest BCUT2D eigenvalue weighted by Gasteiger charge is 2.51. The lowest BCUT2D eigenvalue weighted by Crippen LogP contribution is -2.41. The van der Waals surface area contributed by atoms with E-state index in [1.165, 1.54) is 0 Å². The molecule has 1 N–H and O–H groups in total. The fraction of sp³-hybridized carbons (Fsp3) is 0.833. The van der Waals surface area contributed by atoms with E-state index in [1.807, 2.05) is 40.7 Å². The average molecular weight is 226 g/mol. The summed E-state index contributed by atoms with van der Waals surface area (Å²) in [7, 11) is -0.329. The van der Waals surface area contributed by atoms with Crippen molar-refractivity contribution < 1.29 is 14.4 Å². The highest BCUT2D eigenvalue weighted by Crippen LogP contribution is 2.38. The van der Waals surface area contributed by atoms with Crippen LogP contribution >= 0.6 is 0 Å². The lowest BCUT2D eigenvalue weighted by Gasteiger charge is -2.32. The number of hydrogen-bond donors (Lipinski definition) is 1. The maximum atomic E-state index is 9.39. The van der Waals surface area contributed by atoms with E-state index in [4.69, 9.17) is 9.31 Å². The molecule has 1 saturated heterocycles. The molecule has 0 aromatic carbocycles. The number of hydrogen-bond acceptors (Lipinski definition) is 3. The van der Waals surface area contributed by atoms with Gasteiger partial charge in [0, 0.05) is 0 Å². The molecule has 1 heterocycles. The Balaban J connectivity index is 2.86. The van der Waals surface area contributed by atoms with E-state index in [9.17, 15) is 5.11 Å². The van der Waals surface area contributed by atoms with Crippen LogP contribution in [0, 0.1) is 0 Å². The minimum Gasteiger partial charge on any atom is -0.400 e. The zero-order chi connectivity index (χ0) is 12.6. The van der Waals surface area contributed by atoms with Crippen LogP contribution < -0.4 is 0 Å². The first-order chi connectivity index (χ1) is 7.19. The number of aliphatic hydroxyl groups is 1. The molecule has 92 valence electrons. The van der Waals surface area contributed by atoms with Crippen molar-refractivity contribution in [2.24, 2.45) is 0 Å². The summed E-state index contributed by atoms with van der Waals surface area (Å²) >= 11 is 0. The van der Waals surface area contributed by atoms with Gasteiger partial charge in [-0.3, -0.25) is 0 Å². The Hall–Kier alpha value is -0.315. The van der Waals surface area contributed by atoms with Gasteiger partial charge in [0.25, 0.3) is 0 Å². The van der Waals surface area contributed by atoms with E-state index in [0.717, 1.165) is 11.9 Å². The number of allylic oxidation sites excluding steroid dienone is 1. The summed E-state index contributed by atoms with van der Waals surface area (Å²) in [6, 6.07) is 0. The van der Waals surface area contributed by atoms with Crippen LogP contribution in [0.1, 0.15) is 48.0 Å². The van der Waals surface area contributed by atoms with Crippen LogP contribution in [0.4, 0.5) is 0 Å². The monoisotopic (exact) mass is 226 g/mol. The minimum atomic E-state index is -0.464. The zero-order valence-electron chi connectivity index (χ0n) is 11.2. The first kappa shape index (κ1) is 13.7. The molecule has 1 rings (SSSR count). The van der Waals surface area contributed by atoms with E-state index in [0.29, 0.717) is 0 Å². The van der Waals surface area contributed by atoms with Gasteiger partial charge in [-0.25, -0.2) is 0 Å². The molecule has 0 bridgehead atoms. The zero-order valence-corrected chi connectivity index (χ0v) is 11.2. The van der Waals surface area contributed by atoms with Crippen LogP contribution in [0.5, 0.6) is 0 Å². The molecule has 0 aromatic rings. The maximum absolute atomic E-state index is 9.39. The molecule has 0 radical (unpaired) electrons. The van der Waals surface area contributed by atoms with Crippen molar-refractivity contribution in [3.8, 4) is 0 Å². The molecule has 0 aliphatic carbocycles. The SMILES string of the molecule is CC/C(=C\C(C)O)B1OC(C)(C)C(C)(C)O1. The predicted molar refractivity (Wildman–Crippen MR) is 66.1 cm³/mol. The van der Waals surface area contributed by atoms with E-state index in [1.54, 1.807) is 6.92 Å². The molecule has 4 heteroatoms. The topological polar surface area (TPSA) is 38.7 Å². The second-order valence-electron chi connectivity index (χ2n) is 5.42. The first-order valence-electron chi connectivity index (χ1n) is 5.94. The standard InChI is InChI=1S/C12H23BO3/c1-7-10(8-9(2)14)13-15-11(3,4)12(5,6)16-13/h8-9,14H,7H2,1-6H3/b10-8+. The van der Waals surface area contributed by atoms with Crippen LogP contribution in [0.15, 0.2) is 11.5 Å². The van der Waals surface area contributed by atoms with Crippen LogP contribution in [0.2, 0.25) is 0 Å². The summed E-state index contributed by atoms with van der Waals surface area (Å²) in [6.45, 7) is 11.9. The smallest absolute Gasteiger partial charge is 0.400 e. The molecule has 1 fully saturated rings. The van der Waals surface area contributed by atoms with Gasteiger partial charge in [0.15, 0.2) is 0 Å². The van der Waals surface area contributed by atoms with Crippen molar-refractivity contribution in [1.82, 2.24) is 0 Å². The Morgan fingerprint density at radius 3 is 2.00 bits per heavy atom. The number of rotatable bonds is 3. The van der Waals surface area contributed by atoms with Gasteiger partial charge >= 0.3 is 7.12 Å². The highest BCUT2D eigenvalue weighted by molar-refractivity contribution is 6.54. The first-order valence-corrected chi connectivity index (χ1v) is 5.94. The van der Waals surface area contributed by atoms with Crippen molar-refractivity contribution >= 4 is 7.12 Å². The summed E-state index contributed by atoms with van der Waals surface area (Å²) in [5.74, 6) is 0. The molecule has 1 atom stereocenters. The van der Waals surface area contributed by atoms with Gasteiger partial charge in [-0.15, -0.1) is 0 Å². The summed E-state index contributed by atoms with van der Waals surface area (Å²) in [6.07, 6.45) is 2.16. The van der Waals surface area contributed by atoms with Crippen molar-refractivity contribution in [1.29, 1.82) is 0 Å². The molecule has 0 aromatic heterocycles. The van der Waals surface area contributed by atoms with E-state index < -0.39 is 6.10 Å². The molecule has 16 heavy (non-hydrogen) atoms. The van der Waals surface area contributed by atoms with Crippen LogP contribution in [0.3, 0.4) is 0 Å². The van der Waals surface area contributed by atoms with E-state index >= 15 is 0 Å². The predicted octanol–water partition coefficient (Wildman–Crippen LogP) is 2.33. The molecule has 1 aliphatic heterocycles. The number of aliphatic hydroxyl groups excluding tert-OH is 1. The summed E-state index contributed by atoms with van der Waals surface area (Å²) in [4.78, 5) is 0. The fourth-order valence-corrected chi connectivity index (χ4v) is 1.67. The van der Waals surface area contributed by atoms with Gasteiger partial charge in [-0.2, -0.15) is 0 Å². The van der Waals surface area contributed by atoms with Crippen molar-refractivity contribution in [2.75, 3.05) is 0 Å². The van der Waals surface area contributed by atoms with Gasteiger partial charge in [-0.05, 0) is 46.5 Å². The molecular formula is C12H23BO3. The highest BCUT2D eigenvalue weighted by atomic mass is 16.7. The second kappa shape index (κ2) is 4.51. The Labute approximate surface area is 99.0 Å². The van der Waals surface area contributed by atoms with Crippen LogP contribution in [-0.2, 0) is 9.31 Å². The van der Waals surface area contributed by atoms with Gasteiger partial charge in [0.05, 0.1) is 17.3 Å². The third kappa shape index (κ3) is 2.68. The van der Waals surface area contributed by atoms with Gasteiger partial charge < -0.3 is 14.4 Å². The lowest BCUT2D eigenvalue weighted by atomic mass is 9.76. The summed E-state index contributed by atoms with van der Waals surface area (Å²) in [5, 5.41) is 9.39. The largest absolute Gasteiger partial charge is 0.490 e. The Morgan fingerprint density at radius 2 is 1.69 bits per heavy atom. The normalized spacial score (nSPS) is 25.9. The third-order valence-corrected chi connectivity index (χ3v) is 3.42. The third-order valence-electron chi connectivity index (χ3n) is 3.42. The molecule has 1 aliphatic rings. The summed E-state index contributed by atoms with van der Waals surface area (Å²) < 4.78 is 11.8. The molecule has 3 nitrogen and oxygen atoms in total.